The molecule has 1 amide bonds. The Kier molecular flexibility index (Phi) is 4.42. The fourth-order valence-electron chi connectivity index (χ4n) is 1.52. The van der Waals surface area contributed by atoms with E-state index in [1.54, 1.807) is 13.8 Å². The van der Waals surface area contributed by atoms with E-state index >= 15 is 0 Å². The van der Waals surface area contributed by atoms with Crippen molar-refractivity contribution in [2.24, 2.45) is 5.41 Å². The number of non-ortho nitro benzene ring substituents is 1. The van der Waals surface area contributed by atoms with E-state index in [4.69, 9.17) is 0 Å². The van der Waals surface area contributed by atoms with Crippen molar-refractivity contribution in [1.29, 1.82) is 0 Å². The van der Waals surface area contributed by atoms with Gasteiger partial charge in [0.25, 0.3) is 5.69 Å². The molecule has 0 saturated heterocycles. The summed E-state index contributed by atoms with van der Waals surface area (Å²) in [6.07, 6.45) is 0. The van der Waals surface area contributed by atoms with Crippen molar-refractivity contribution in [2.75, 3.05) is 18.9 Å². The number of amides is 1. The second kappa shape index (κ2) is 5.64. The van der Waals surface area contributed by atoms with Gasteiger partial charge in [-0.1, -0.05) is 0 Å². The Bertz CT molecular complexity index is 503. The molecule has 19 heavy (non-hydrogen) atoms. The number of nitrogens with one attached hydrogen (secondary N) is 2. The predicted octanol–water partition coefficient (Wildman–Crippen LogP) is 1.92. The van der Waals surface area contributed by atoms with Gasteiger partial charge in [0.1, 0.15) is 5.82 Å². The SMILES string of the molecule is CNC(=O)C(C)(C)CNc1cc(F)cc([N+](=O)[O-])c1. The fourth-order valence-corrected chi connectivity index (χ4v) is 1.52. The first kappa shape index (κ1) is 14.9. The maximum atomic E-state index is 13.2. The summed E-state index contributed by atoms with van der Waals surface area (Å²) in [6, 6.07) is 3.21. The maximum absolute atomic E-state index is 13.2. The van der Waals surface area contributed by atoms with Gasteiger partial charge in [-0.15, -0.1) is 0 Å². The van der Waals surface area contributed by atoms with E-state index in [2.05, 4.69) is 10.6 Å². The molecule has 6 nitrogen and oxygen atoms in total. The number of halogens is 1. The molecule has 0 aromatic heterocycles. The van der Waals surface area contributed by atoms with Crippen molar-refractivity contribution in [3.05, 3.63) is 34.1 Å². The van der Waals surface area contributed by atoms with E-state index < -0.39 is 16.2 Å². The number of rotatable bonds is 5. The number of hydrogen-bond acceptors (Lipinski definition) is 4. The molecule has 0 radical (unpaired) electrons. The highest BCUT2D eigenvalue weighted by atomic mass is 19.1. The molecular formula is C12H16FN3O3. The van der Waals surface area contributed by atoms with Gasteiger partial charge in [-0.3, -0.25) is 14.9 Å². The number of benzene rings is 1. The number of nitrogens with zero attached hydrogens (tertiary/aromatic N) is 1. The minimum atomic E-state index is -0.712. The third-order valence-corrected chi connectivity index (χ3v) is 2.67. The van der Waals surface area contributed by atoms with Crippen molar-refractivity contribution in [1.82, 2.24) is 5.32 Å². The highest BCUT2D eigenvalue weighted by molar-refractivity contribution is 5.82. The van der Waals surface area contributed by atoms with Gasteiger partial charge in [0.15, 0.2) is 0 Å². The first-order valence-corrected chi connectivity index (χ1v) is 5.67. The standard InChI is InChI=1S/C12H16FN3O3/c1-12(2,11(17)14-3)7-15-9-4-8(13)5-10(6-9)16(18)19/h4-6,15H,7H2,1-3H3,(H,14,17). The van der Waals surface area contributed by atoms with Crippen molar-refractivity contribution in [3.63, 3.8) is 0 Å². The Labute approximate surface area is 110 Å². The van der Waals surface area contributed by atoms with Gasteiger partial charge >= 0.3 is 0 Å². The monoisotopic (exact) mass is 269 g/mol. The number of carbonyl (C=O) groups excluding carboxylic acids is 1. The van der Waals surface area contributed by atoms with Crippen LogP contribution in [0.2, 0.25) is 0 Å². The van der Waals surface area contributed by atoms with Crippen molar-refractivity contribution in [2.45, 2.75) is 13.8 Å². The zero-order valence-corrected chi connectivity index (χ0v) is 11.0. The molecule has 0 unspecified atom stereocenters. The van der Waals surface area contributed by atoms with E-state index in [1.165, 1.54) is 13.1 Å². The van der Waals surface area contributed by atoms with Crippen molar-refractivity contribution < 1.29 is 14.1 Å². The molecule has 0 spiro atoms. The zero-order valence-electron chi connectivity index (χ0n) is 11.0. The predicted molar refractivity (Wildman–Crippen MR) is 69.4 cm³/mol. The van der Waals surface area contributed by atoms with Crippen LogP contribution >= 0.6 is 0 Å². The summed E-state index contributed by atoms with van der Waals surface area (Å²) >= 11 is 0. The number of carbonyl (C=O) groups is 1. The van der Waals surface area contributed by atoms with Crippen LogP contribution in [0.5, 0.6) is 0 Å². The molecule has 2 N–H and O–H groups in total. The van der Waals surface area contributed by atoms with Gasteiger partial charge in [-0.05, 0) is 19.9 Å². The van der Waals surface area contributed by atoms with Crippen LogP contribution in [0.25, 0.3) is 0 Å². The number of nitro groups is 1. The Morgan fingerprint density at radius 2 is 2.05 bits per heavy atom. The largest absolute Gasteiger partial charge is 0.384 e. The fraction of sp³-hybridized carbons (Fsp3) is 0.417. The van der Waals surface area contributed by atoms with Crippen molar-refractivity contribution in [3.8, 4) is 0 Å². The smallest absolute Gasteiger partial charge is 0.274 e. The molecule has 0 aliphatic carbocycles. The lowest BCUT2D eigenvalue weighted by molar-refractivity contribution is -0.385. The second-order valence-electron chi connectivity index (χ2n) is 4.77. The van der Waals surface area contributed by atoms with E-state index in [1.807, 2.05) is 0 Å². The Morgan fingerprint density at radius 3 is 2.58 bits per heavy atom. The molecule has 104 valence electrons. The average molecular weight is 269 g/mol. The third kappa shape index (κ3) is 3.90. The van der Waals surface area contributed by atoms with E-state index in [-0.39, 0.29) is 23.8 Å². The molecule has 1 rings (SSSR count). The first-order chi connectivity index (χ1) is 8.76. The van der Waals surface area contributed by atoms with Crippen LogP contribution in [0.1, 0.15) is 13.8 Å². The highest BCUT2D eigenvalue weighted by Gasteiger charge is 2.26. The summed E-state index contributed by atoms with van der Waals surface area (Å²) in [5.41, 5.74) is -0.778. The Balaban J connectivity index is 2.83. The van der Waals surface area contributed by atoms with Crippen LogP contribution in [0.3, 0.4) is 0 Å². The van der Waals surface area contributed by atoms with Gasteiger partial charge in [-0.25, -0.2) is 4.39 Å². The second-order valence-corrected chi connectivity index (χ2v) is 4.77. The molecule has 1 aromatic carbocycles. The topological polar surface area (TPSA) is 84.3 Å². The van der Waals surface area contributed by atoms with Crippen molar-refractivity contribution >= 4 is 17.3 Å². The summed E-state index contributed by atoms with van der Waals surface area (Å²) in [7, 11) is 1.52. The maximum Gasteiger partial charge on any atom is 0.274 e. The van der Waals surface area contributed by atoms with E-state index in [0.717, 1.165) is 12.1 Å². The number of anilines is 1. The molecule has 0 fully saturated rings. The highest BCUT2D eigenvalue weighted by Crippen LogP contribution is 2.22. The van der Waals surface area contributed by atoms with Gasteiger partial charge in [-0.2, -0.15) is 0 Å². The van der Waals surface area contributed by atoms with Crippen LogP contribution < -0.4 is 10.6 Å². The van der Waals surface area contributed by atoms with Gasteiger partial charge in [0.05, 0.1) is 16.4 Å². The van der Waals surface area contributed by atoms with Crippen LogP contribution in [-0.2, 0) is 4.79 Å². The summed E-state index contributed by atoms with van der Waals surface area (Å²) in [5, 5.41) is 16.0. The van der Waals surface area contributed by atoms with Gasteiger partial charge in [0.2, 0.25) is 5.91 Å². The zero-order chi connectivity index (χ0) is 14.6. The Hall–Kier alpha value is -2.18. The first-order valence-electron chi connectivity index (χ1n) is 5.67. The van der Waals surface area contributed by atoms with Gasteiger partial charge < -0.3 is 10.6 Å². The number of hydrogen-bond donors (Lipinski definition) is 2. The van der Waals surface area contributed by atoms with Crippen LogP contribution in [0, 0.1) is 21.3 Å². The molecule has 0 heterocycles. The molecule has 0 bridgehead atoms. The summed E-state index contributed by atoms with van der Waals surface area (Å²) in [6.45, 7) is 3.66. The minimum Gasteiger partial charge on any atom is -0.384 e. The summed E-state index contributed by atoms with van der Waals surface area (Å²) < 4.78 is 13.2. The molecule has 0 atom stereocenters. The molecule has 0 aliphatic heterocycles. The van der Waals surface area contributed by atoms with E-state index in [9.17, 15) is 19.3 Å². The molecule has 7 heteroatoms. The van der Waals surface area contributed by atoms with Gasteiger partial charge in [0, 0.05) is 25.3 Å². The summed E-state index contributed by atoms with van der Waals surface area (Å²) in [4.78, 5) is 21.5. The lowest BCUT2D eigenvalue weighted by atomic mass is 9.92. The minimum absolute atomic E-state index is 0.175. The molecule has 0 saturated carbocycles. The lowest BCUT2D eigenvalue weighted by Crippen LogP contribution is -2.39. The van der Waals surface area contributed by atoms with Crippen LogP contribution in [-0.4, -0.2) is 24.4 Å². The van der Waals surface area contributed by atoms with E-state index in [0.29, 0.717) is 0 Å². The van der Waals surface area contributed by atoms with Crippen LogP contribution in [0.4, 0.5) is 15.8 Å². The quantitative estimate of drug-likeness (QED) is 0.631. The average Bonchev–Trinajstić information content (AvgIpc) is 2.34. The lowest BCUT2D eigenvalue weighted by Gasteiger charge is -2.23. The molecule has 0 aliphatic rings. The summed E-state index contributed by atoms with van der Waals surface area (Å²) in [5.74, 6) is -0.875. The van der Waals surface area contributed by atoms with Crippen LogP contribution in [0.15, 0.2) is 18.2 Å². The molecular weight excluding hydrogens is 253 g/mol. The number of nitro benzene ring substituents is 1. The normalized spacial score (nSPS) is 10.9. The third-order valence-electron chi connectivity index (χ3n) is 2.67. The Morgan fingerprint density at radius 1 is 1.42 bits per heavy atom. The molecule has 1 aromatic rings.